The van der Waals surface area contributed by atoms with Gasteiger partial charge in [-0.15, -0.1) is 0 Å². The number of ether oxygens (including phenoxy) is 1. The smallest absolute Gasteiger partial charge is 0.410 e. The molecule has 1 aliphatic rings. The molecule has 1 aromatic rings. The maximum Gasteiger partial charge on any atom is 0.415 e. The average Bonchev–Trinajstić information content (AvgIpc) is 2.47. The summed E-state index contributed by atoms with van der Waals surface area (Å²) in [6.45, 7) is 5.53. The topological polar surface area (TPSA) is 41.6 Å². The van der Waals surface area contributed by atoms with Crippen molar-refractivity contribution in [2.45, 2.75) is 19.8 Å². The van der Waals surface area contributed by atoms with Gasteiger partial charge in [-0.1, -0.05) is 18.2 Å². The summed E-state index contributed by atoms with van der Waals surface area (Å²) in [5.41, 5.74) is 0. The molecule has 1 aliphatic heterocycles. The van der Waals surface area contributed by atoms with Gasteiger partial charge in [0.25, 0.3) is 0 Å². The fourth-order valence-electron chi connectivity index (χ4n) is 2.38. The van der Waals surface area contributed by atoms with Crippen molar-refractivity contribution in [3.8, 4) is 5.75 Å². The lowest BCUT2D eigenvalue weighted by Gasteiger charge is -2.28. The number of benzene rings is 1. The van der Waals surface area contributed by atoms with Gasteiger partial charge >= 0.3 is 6.09 Å². The van der Waals surface area contributed by atoms with Crippen LogP contribution in [0.5, 0.6) is 5.75 Å². The molecule has 1 unspecified atom stereocenters. The van der Waals surface area contributed by atoms with Gasteiger partial charge in [0.1, 0.15) is 5.75 Å². The second-order valence-electron chi connectivity index (χ2n) is 4.93. The summed E-state index contributed by atoms with van der Waals surface area (Å²) in [5.74, 6) is 1.14. The van der Waals surface area contributed by atoms with Gasteiger partial charge in [0.15, 0.2) is 0 Å². The van der Waals surface area contributed by atoms with Crippen molar-refractivity contribution in [2.75, 3.05) is 26.2 Å². The molecule has 104 valence electrons. The molecule has 1 fully saturated rings. The van der Waals surface area contributed by atoms with E-state index < -0.39 is 0 Å². The van der Waals surface area contributed by atoms with E-state index in [1.54, 1.807) is 17.0 Å². The van der Waals surface area contributed by atoms with Gasteiger partial charge in [-0.2, -0.15) is 0 Å². The second kappa shape index (κ2) is 7.14. The zero-order valence-electron chi connectivity index (χ0n) is 11.5. The molecule has 0 aromatic heterocycles. The van der Waals surface area contributed by atoms with Gasteiger partial charge < -0.3 is 15.0 Å². The molecule has 0 radical (unpaired) electrons. The Morgan fingerprint density at radius 2 is 2.21 bits per heavy atom. The third-order valence-corrected chi connectivity index (χ3v) is 3.47. The molecule has 1 heterocycles. The number of rotatable bonds is 4. The summed E-state index contributed by atoms with van der Waals surface area (Å²) in [7, 11) is 0. The number of piperidine rings is 1. The van der Waals surface area contributed by atoms with Crippen LogP contribution in [0.1, 0.15) is 19.8 Å². The van der Waals surface area contributed by atoms with E-state index in [1.165, 1.54) is 12.8 Å². The van der Waals surface area contributed by atoms with Gasteiger partial charge in [-0.25, -0.2) is 4.79 Å². The van der Waals surface area contributed by atoms with E-state index in [1.807, 2.05) is 25.1 Å². The summed E-state index contributed by atoms with van der Waals surface area (Å²) in [5, 5.41) is 3.37. The third-order valence-electron chi connectivity index (χ3n) is 3.47. The van der Waals surface area contributed by atoms with E-state index in [2.05, 4.69) is 5.32 Å². The summed E-state index contributed by atoms with van der Waals surface area (Å²) in [6.07, 6.45) is 2.12. The standard InChI is InChI=1S/C15H22N2O2/c1-2-17(12-13-7-6-10-16-11-13)15(18)19-14-8-4-3-5-9-14/h3-5,8-9,13,16H,2,6-7,10-12H2,1H3. The lowest BCUT2D eigenvalue weighted by Crippen LogP contribution is -2.42. The predicted molar refractivity (Wildman–Crippen MR) is 75.3 cm³/mol. The first-order valence-electron chi connectivity index (χ1n) is 7.02. The second-order valence-corrected chi connectivity index (χ2v) is 4.93. The predicted octanol–water partition coefficient (Wildman–Crippen LogP) is 2.51. The molecule has 0 bridgehead atoms. The monoisotopic (exact) mass is 262 g/mol. The Morgan fingerprint density at radius 3 is 2.84 bits per heavy atom. The highest BCUT2D eigenvalue weighted by Gasteiger charge is 2.20. The minimum absolute atomic E-state index is 0.251. The van der Waals surface area contributed by atoms with Crippen molar-refractivity contribution >= 4 is 6.09 Å². The molecular weight excluding hydrogens is 240 g/mol. The maximum atomic E-state index is 12.1. The van der Waals surface area contributed by atoms with Crippen molar-refractivity contribution in [2.24, 2.45) is 5.92 Å². The van der Waals surface area contributed by atoms with Gasteiger partial charge in [0, 0.05) is 13.1 Å². The van der Waals surface area contributed by atoms with Crippen LogP contribution in [0.4, 0.5) is 4.79 Å². The van der Waals surface area contributed by atoms with Gasteiger partial charge in [-0.3, -0.25) is 0 Å². The Kier molecular flexibility index (Phi) is 5.21. The van der Waals surface area contributed by atoms with Crippen LogP contribution in [0.3, 0.4) is 0 Å². The lowest BCUT2D eigenvalue weighted by molar-refractivity contribution is 0.142. The van der Waals surface area contributed by atoms with Crippen molar-refractivity contribution < 1.29 is 9.53 Å². The number of amides is 1. The molecular formula is C15H22N2O2. The molecule has 19 heavy (non-hydrogen) atoms. The van der Waals surface area contributed by atoms with Crippen LogP contribution < -0.4 is 10.1 Å². The van der Waals surface area contributed by atoms with Crippen LogP contribution in [0, 0.1) is 5.92 Å². The van der Waals surface area contributed by atoms with Gasteiger partial charge in [0.05, 0.1) is 0 Å². The first kappa shape index (κ1) is 13.9. The van der Waals surface area contributed by atoms with Crippen LogP contribution in [0.2, 0.25) is 0 Å². The molecule has 0 saturated carbocycles. The number of hydrogen-bond acceptors (Lipinski definition) is 3. The minimum Gasteiger partial charge on any atom is -0.410 e. The minimum atomic E-state index is -0.251. The average molecular weight is 262 g/mol. The zero-order valence-corrected chi connectivity index (χ0v) is 11.5. The maximum absolute atomic E-state index is 12.1. The molecule has 1 atom stereocenters. The van der Waals surface area contributed by atoms with Crippen molar-refractivity contribution in [3.63, 3.8) is 0 Å². The number of hydrogen-bond donors (Lipinski definition) is 1. The summed E-state index contributed by atoms with van der Waals surface area (Å²) in [6, 6.07) is 9.23. The highest BCUT2D eigenvalue weighted by molar-refractivity contribution is 5.70. The van der Waals surface area contributed by atoms with Gasteiger partial charge in [0.2, 0.25) is 0 Å². The molecule has 4 heteroatoms. The van der Waals surface area contributed by atoms with Crippen LogP contribution in [0.25, 0.3) is 0 Å². The van der Waals surface area contributed by atoms with Crippen molar-refractivity contribution in [1.29, 1.82) is 0 Å². The number of nitrogens with zero attached hydrogens (tertiary/aromatic N) is 1. The zero-order chi connectivity index (χ0) is 13.5. The van der Waals surface area contributed by atoms with Crippen molar-refractivity contribution in [3.05, 3.63) is 30.3 Å². The van der Waals surface area contributed by atoms with Crippen LogP contribution in [0.15, 0.2) is 30.3 Å². The lowest BCUT2D eigenvalue weighted by atomic mass is 9.99. The van der Waals surface area contributed by atoms with Gasteiger partial charge in [-0.05, 0) is 50.9 Å². The molecule has 1 N–H and O–H groups in total. The Morgan fingerprint density at radius 1 is 1.42 bits per heavy atom. The molecule has 2 rings (SSSR count). The molecule has 4 nitrogen and oxygen atoms in total. The largest absolute Gasteiger partial charge is 0.415 e. The number of carbonyl (C=O) groups excluding carboxylic acids is 1. The first-order chi connectivity index (χ1) is 9.29. The molecule has 1 aromatic carbocycles. The summed E-state index contributed by atoms with van der Waals surface area (Å²) in [4.78, 5) is 13.9. The number of carbonyl (C=O) groups is 1. The van der Waals surface area contributed by atoms with E-state index in [4.69, 9.17) is 4.74 Å². The number of para-hydroxylation sites is 1. The Labute approximate surface area is 114 Å². The summed E-state index contributed by atoms with van der Waals surface area (Å²) < 4.78 is 5.38. The fourth-order valence-corrected chi connectivity index (χ4v) is 2.38. The SMILES string of the molecule is CCN(CC1CCCNC1)C(=O)Oc1ccccc1. The summed E-state index contributed by atoms with van der Waals surface area (Å²) >= 11 is 0. The van der Waals surface area contributed by atoms with Crippen LogP contribution in [-0.4, -0.2) is 37.2 Å². The molecule has 0 spiro atoms. The molecule has 0 aliphatic carbocycles. The van der Waals surface area contributed by atoms with E-state index in [9.17, 15) is 4.79 Å². The molecule has 1 saturated heterocycles. The Balaban J connectivity index is 1.87. The highest BCUT2D eigenvalue weighted by atomic mass is 16.6. The van der Waals surface area contributed by atoms with E-state index in [0.29, 0.717) is 18.2 Å². The van der Waals surface area contributed by atoms with Crippen LogP contribution in [-0.2, 0) is 0 Å². The molecule has 1 amide bonds. The normalized spacial score (nSPS) is 18.9. The third kappa shape index (κ3) is 4.24. The van der Waals surface area contributed by atoms with Crippen LogP contribution >= 0.6 is 0 Å². The Hall–Kier alpha value is -1.55. The highest BCUT2D eigenvalue weighted by Crippen LogP contribution is 2.14. The van der Waals surface area contributed by atoms with E-state index in [-0.39, 0.29) is 6.09 Å². The van der Waals surface area contributed by atoms with Crippen molar-refractivity contribution in [1.82, 2.24) is 10.2 Å². The number of nitrogens with one attached hydrogen (secondary N) is 1. The quantitative estimate of drug-likeness (QED) is 0.906. The fraction of sp³-hybridized carbons (Fsp3) is 0.533. The first-order valence-corrected chi connectivity index (χ1v) is 7.02. The van der Waals surface area contributed by atoms with E-state index in [0.717, 1.165) is 19.6 Å². The van der Waals surface area contributed by atoms with E-state index >= 15 is 0 Å². The Bertz CT molecular complexity index is 388.